The van der Waals surface area contributed by atoms with Gasteiger partial charge in [-0.25, -0.2) is 0 Å². The number of nitrogens with two attached hydrogens (primary N) is 1. The molecule has 16 heavy (non-hydrogen) atoms. The second-order valence-corrected chi connectivity index (χ2v) is 3.21. The first-order valence-electron chi connectivity index (χ1n) is 4.85. The van der Waals surface area contributed by atoms with Crippen LogP contribution < -0.4 is 5.73 Å². The Morgan fingerprint density at radius 2 is 2.00 bits per heavy atom. The third-order valence-electron chi connectivity index (χ3n) is 1.86. The summed E-state index contributed by atoms with van der Waals surface area (Å²) in [7, 11) is 1.74. The molecule has 0 saturated carbocycles. The van der Waals surface area contributed by atoms with Gasteiger partial charge in [-0.1, -0.05) is 6.08 Å². The SMILES string of the molecule is CC=CN(C)C(=N)N=Nc1ccc(N)cc1. The molecule has 1 aromatic rings. The third kappa shape index (κ3) is 3.53. The van der Waals surface area contributed by atoms with Gasteiger partial charge in [0, 0.05) is 18.9 Å². The molecule has 84 valence electrons. The lowest BCUT2D eigenvalue weighted by Crippen LogP contribution is -2.16. The molecule has 0 aromatic heterocycles. The van der Waals surface area contributed by atoms with Gasteiger partial charge in [0.1, 0.15) is 0 Å². The molecule has 0 aliphatic carbocycles. The molecule has 0 amide bonds. The zero-order valence-corrected chi connectivity index (χ0v) is 9.38. The largest absolute Gasteiger partial charge is 0.399 e. The summed E-state index contributed by atoms with van der Waals surface area (Å²) >= 11 is 0. The van der Waals surface area contributed by atoms with E-state index in [2.05, 4.69) is 10.2 Å². The van der Waals surface area contributed by atoms with Crippen molar-refractivity contribution in [3.05, 3.63) is 36.5 Å². The van der Waals surface area contributed by atoms with Crippen LogP contribution in [0.3, 0.4) is 0 Å². The predicted molar refractivity (Wildman–Crippen MR) is 65.7 cm³/mol. The Hall–Kier alpha value is -2.17. The molecular weight excluding hydrogens is 202 g/mol. The standard InChI is InChI=1S/C11H15N5/c1-3-8-16(2)11(13)15-14-10-6-4-9(12)5-7-10/h3-8,13H,12H2,1-2H3. The summed E-state index contributed by atoms with van der Waals surface area (Å²) in [5.41, 5.74) is 6.89. The summed E-state index contributed by atoms with van der Waals surface area (Å²) in [5.74, 6) is 0.0786. The highest BCUT2D eigenvalue weighted by atomic mass is 15.3. The minimum Gasteiger partial charge on any atom is -0.399 e. The van der Waals surface area contributed by atoms with Gasteiger partial charge in [0.15, 0.2) is 0 Å². The van der Waals surface area contributed by atoms with Crippen LogP contribution >= 0.6 is 0 Å². The van der Waals surface area contributed by atoms with E-state index in [1.807, 2.05) is 13.0 Å². The molecule has 5 heteroatoms. The molecule has 5 nitrogen and oxygen atoms in total. The lowest BCUT2D eigenvalue weighted by molar-refractivity contribution is 0.666. The molecule has 0 aliphatic rings. The molecule has 0 fully saturated rings. The summed E-state index contributed by atoms with van der Waals surface area (Å²) < 4.78 is 0. The van der Waals surface area contributed by atoms with E-state index in [0.29, 0.717) is 11.4 Å². The number of benzene rings is 1. The van der Waals surface area contributed by atoms with Gasteiger partial charge < -0.3 is 10.6 Å². The molecule has 0 radical (unpaired) electrons. The van der Waals surface area contributed by atoms with E-state index in [1.54, 1.807) is 42.4 Å². The average Bonchev–Trinajstić information content (AvgIpc) is 2.28. The molecule has 0 saturated heterocycles. The number of nitrogen functional groups attached to an aromatic ring is 1. The quantitative estimate of drug-likeness (QED) is 0.346. The van der Waals surface area contributed by atoms with Crippen molar-refractivity contribution in [3.8, 4) is 0 Å². The number of hydrogen-bond acceptors (Lipinski definition) is 3. The molecule has 0 spiro atoms. The van der Waals surface area contributed by atoms with E-state index < -0.39 is 0 Å². The maximum Gasteiger partial charge on any atom is 0.241 e. The molecule has 1 rings (SSSR count). The molecule has 0 bridgehead atoms. The fraction of sp³-hybridized carbons (Fsp3) is 0.182. The smallest absolute Gasteiger partial charge is 0.241 e. The number of allylic oxidation sites excluding steroid dienone is 1. The summed E-state index contributed by atoms with van der Waals surface area (Å²) in [6, 6.07) is 6.99. The van der Waals surface area contributed by atoms with Gasteiger partial charge in [-0.2, -0.15) is 0 Å². The van der Waals surface area contributed by atoms with Crippen LogP contribution in [0.4, 0.5) is 11.4 Å². The molecular formula is C11H15N5. The highest BCUT2D eigenvalue weighted by Crippen LogP contribution is 2.14. The average molecular weight is 217 g/mol. The van der Waals surface area contributed by atoms with Gasteiger partial charge in [0.2, 0.25) is 5.96 Å². The van der Waals surface area contributed by atoms with E-state index in [4.69, 9.17) is 11.1 Å². The molecule has 0 aliphatic heterocycles. The van der Waals surface area contributed by atoms with Crippen molar-refractivity contribution >= 4 is 17.3 Å². The van der Waals surface area contributed by atoms with E-state index in [0.717, 1.165) is 0 Å². The van der Waals surface area contributed by atoms with E-state index in [1.165, 1.54) is 0 Å². The first-order chi connectivity index (χ1) is 7.63. The van der Waals surface area contributed by atoms with Crippen LogP contribution in [0, 0.1) is 5.41 Å². The summed E-state index contributed by atoms with van der Waals surface area (Å²) in [6.07, 6.45) is 3.57. The number of nitrogens with one attached hydrogen (secondary N) is 1. The molecule has 0 atom stereocenters. The Labute approximate surface area is 94.8 Å². The van der Waals surface area contributed by atoms with Gasteiger partial charge in [-0.3, -0.25) is 5.41 Å². The Morgan fingerprint density at radius 1 is 1.38 bits per heavy atom. The summed E-state index contributed by atoms with van der Waals surface area (Å²) in [4.78, 5) is 1.57. The fourth-order valence-electron chi connectivity index (χ4n) is 1.01. The van der Waals surface area contributed by atoms with Gasteiger partial charge in [-0.15, -0.1) is 10.2 Å². The van der Waals surface area contributed by atoms with Crippen LogP contribution in [-0.4, -0.2) is 17.9 Å². The molecule has 3 N–H and O–H groups in total. The second-order valence-electron chi connectivity index (χ2n) is 3.21. The lowest BCUT2D eigenvalue weighted by atomic mass is 10.3. The van der Waals surface area contributed by atoms with Crippen molar-refractivity contribution in [2.24, 2.45) is 10.2 Å². The zero-order valence-electron chi connectivity index (χ0n) is 9.38. The van der Waals surface area contributed by atoms with Crippen molar-refractivity contribution < 1.29 is 0 Å². The van der Waals surface area contributed by atoms with Crippen molar-refractivity contribution in [2.45, 2.75) is 6.92 Å². The number of anilines is 1. The molecule has 1 aromatic carbocycles. The van der Waals surface area contributed by atoms with Crippen LogP contribution in [0.15, 0.2) is 46.8 Å². The summed E-state index contributed by atoms with van der Waals surface area (Å²) in [6.45, 7) is 1.88. The Bertz CT molecular complexity index is 405. The van der Waals surface area contributed by atoms with E-state index >= 15 is 0 Å². The minimum absolute atomic E-state index is 0.0786. The summed E-state index contributed by atoms with van der Waals surface area (Å²) in [5, 5.41) is 15.3. The molecule has 0 heterocycles. The van der Waals surface area contributed by atoms with Gasteiger partial charge in [0.05, 0.1) is 5.69 Å². The maximum atomic E-state index is 7.58. The monoisotopic (exact) mass is 217 g/mol. The minimum atomic E-state index is 0.0786. The van der Waals surface area contributed by atoms with E-state index in [9.17, 15) is 0 Å². The van der Waals surface area contributed by atoms with Crippen LogP contribution in [0.1, 0.15) is 6.92 Å². The predicted octanol–water partition coefficient (Wildman–Crippen LogP) is 2.75. The number of rotatable bonds is 2. The van der Waals surface area contributed by atoms with Gasteiger partial charge in [0.25, 0.3) is 0 Å². The number of nitrogens with zero attached hydrogens (tertiary/aromatic N) is 3. The number of hydrogen-bond donors (Lipinski definition) is 2. The van der Waals surface area contributed by atoms with Crippen molar-refractivity contribution in [1.82, 2.24) is 4.90 Å². The maximum absolute atomic E-state index is 7.58. The first kappa shape index (κ1) is 11.9. The van der Waals surface area contributed by atoms with Gasteiger partial charge >= 0.3 is 0 Å². The van der Waals surface area contributed by atoms with Crippen molar-refractivity contribution in [2.75, 3.05) is 12.8 Å². The second kappa shape index (κ2) is 5.65. The van der Waals surface area contributed by atoms with Crippen LogP contribution in [0.25, 0.3) is 0 Å². The lowest BCUT2D eigenvalue weighted by Gasteiger charge is -2.08. The highest BCUT2D eigenvalue weighted by Gasteiger charge is 1.97. The normalized spacial score (nSPS) is 11.1. The van der Waals surface area contributed by atoms with E-state index in [-0.39, 0.29) is 5.96 Å². The zero-order chi connectivity index (χ0) is 12.0. The fourth-order valence-corrected chi connectivity index (χ4v) is 1.01. The van der Waals surface area contributed by atoms with Crippen molar-refractivity contribution in [3.63, 3.8) is 0 Å². The van der Waals surface area contributed by atoms with Gasteiger partial charge in [-0.05, 0) is 31.2 Å². The topological polar surface area (TPSA) is 77.8 Å². The van der Waals surface area contributed by atoms with Crippen molar-refractivity contribution in [1.29, 1.82) is 5.41 Å². The van der Waals surface area contributed by atoms with Crippen LogP contribution in [0.2, 0.25) is 0 Å². The number of azo groups is 1. The molecule has 0 unspecified atom stereocenters. The van der Waals surface area contributed by atoms with Crippen LogP contribution in [-0.2, 0) is 0 Å². The number of guanidine groups is 1. The first-order valence-corrected chi connectivity index (χ1v) is 4.85. The Kier molecular flexibility index (Phi) is 4.20. The highest BCUT2D eigenvalue weighted by molar-refractivity contribution is 5.78. The van der Waals surface area contributed by atoms with Crippen LogP contribution in [0.5, 0.6) is 0 Å². The third-order valence-corrected chi connectivity index (χ3v) is 1.86. The Morgan fingerprint density at radius 3 is 2.56 bits per heavy atom. The Balaban J connectivity index is 2.66.